The van der Waals surface area contributed by atoms with E-state index in [2.05, 4.69) is 15.3 Å². The van der Waals surface area contributed by atoms with Crippen LogP contribution in [0, 0.1) is 5.82 Å². The Hall–Kier alpha value is -3.06. The molecule has 1 fully saturated rings. The minimum atomic E-state index is -4.58. The second-order valence-corrected chi connectivity index (χ2v) is 9.25. The van der Waals surface area contributed by atoms with Crippen molar-refractivity contribution in [2.24, 2.45) is 10.7 Å². The van der Waals surface area contributed by atoms with Gasteiger partial charge in [-0.15, -0.1) is 0 Å². The van der Waals surface area contributed by atoms with Gasteiger partial charge in [-0.2, -0.15) is 13.2 Å². The summed E-state index contributed by atoms with van der Waals surface area (Å²) in [5, 5.41) is 1.88. The average molecular weight is 485 g/mol. The number of carbonyl (C=O) groups excluding carboxylic acids is 1. The molecule has 1 saturated heterocycles. The highest BCUT2D eigenvalue weighted by Gasteiger charge is 2.52. The first-order valence-corrected chi connectivity index (χ1v) is 10.9. The summed E-state index contributed by atoms with van der Waals surface area (Å²) in [6, 6.07) is 5.41. The summed E-state index contributed by atoms with van der Waals surface area (Å²) in [5.41, 5.74) is 3.51. The van der Waals surface area contributed by atoms with E-state index < -0.39 is 45.2 Å². The summed E-state index contributed by atoms with van der Waals surface area (Å²) in [6.07, 6.45) is -3.68. The number of amides is 1. The molecule has 0 aliphatic carbocycles. The van der Waals surface area contributed by atoms with E-state index in [1.807, 2.05) is 0 Å². The lowest BCUT2D eigenvalue weighted by Gasteiger charge is -2.45. The lowest BCUT2D eigenvalue weighted by atomic mass is 9.84. The predicted molar refractivity (Wildman–Crippen MR) is 112 cm³/mol. The second-order valence-electron chi connectivity index (χ2n) is 7.58. The number of rotatable bonds is 3. The molecule has 13 heteroatoms. The maximum Gasteiger partial charge on any atom is 0.417 e. The molecule has 1 aromatic carbocycles. The Morgan fingerprint density at radius 2 is 2.09 bits per heavy atom. The minimum absolute atomic E-state index is 0.0368. The summed E-state index contributed by atoms with van der Waals surface area (Å²) in [7, 11) is -0.0686. The molecule has 4 rings (SSSR count). The van der Waals surface area contributed by atoms with Gasteiger partial charge in [0.15, 0.2) is 0 Å². The van der Waals surface area contributed by atoms with Crippen molar-refractivity contribution in [3.8, 4) is 0 Å². The first-order chi connectivity index (χ1) is 15.5. The molecule has 8 nitrogen and oxygen atoms in total. The number of benzene rings is 1. The third-order valence-electron chi connectivity index (χ3n) is 5.54. The molecule has 2 aliphatic heterocycles. The van der Waals surface area contributed by atoms with Gasteiger partial charge >= 0.3 is 6.18 Å². The maximum absolute atomic E-state index is 15.0. The Kier molecular flexibility index (Phi) is 5.86. The Morgan fingerprint density at radius 1 is 1.33 bits per heavy atom. The van der Waals surface area contributed by atoms with E-state index in [0.29, 0.717) is 19.2 Å². The first-order valence-electron chi connectivity index (χ1n) is 9.75. The van der Waals surface area contributed by atoms with Crippen molar-refractivity contribution in [1.82, 2.24) is 9.29 Å². The van der Waals surface area contributed by atoms with Gasteiger partial charge in [-0.25, -0.2) is 13.6 Å². The van der Waals surface area contributed by atoms with E-state index in [4.69, 9.17) is 10.5 Å². The largest absolute Gasteiger partial charge is 0.417 e. The number of alkyl halides is 3. The van der Waals surface area contributed by atoms with Crippen molar-refractivity contribution in [2.75, 3.05) is 25.6 Å². The van der Waals surface area contributed by atoms with E-state index in [9.17, 15) is 26.6 Å². The van der Waals surface area contributed by atoms with E-state index in [1.165, 1.54) is 23.5 Å². The summed E-state index contributed by atoms with van der Waals surface area (Å²) < 4.78 is 72.9. The molecule has 3 heterocycles. The van der Waals surface area contributed by atoms with Crippen molar-refractivity contribution < 1.29 is 31.3 Å². The topological polar surface area (TPSA) is 110 Å². The number of pyridine rings is 1. The van der Waals surface area contributed by atoms with Crippen molar-refractivity contribution in [2.45, 2.75) is 23.4 Å². The molecule has 3 atom stereocenters. The van der Waals surface area contributed by atoms with Crippen LogP contribution in [0.1, 0.15) is 28.0 Å². The molecule has 176 valence electrons. The highest BCUT2D eigenvalue weighted by Crippen LogP contribution is 2.42. The number of aromatic nitrogens is 1. The number of halogens is 4. The third kappa shape index (κ3) is 4.17. The number of ether oxygens (including phenoxy) is 1. The van der Waals surface area contributed by atoms with Gasteiger partial charge in [0, 0.05) is 31.1 Å². The number of nitrogens with zero attached hydrogens (tertiary/aromatic N) is 3. The van der Waals surface area contributed by atoms with Crippen molar-refractivity contribution in [3.05, 3.63) is 59.2 Å². The molecule has 3 unspecified atom stereocenters. The smallest absolute Gasteiger partial charge is 0.378 e. The first kappa shape index (κ1) is 23.1. The second kappa shape index (κ2) is 8.37. The number of fused-ring (bicyclic) bond motifs is 1. The molecule has 1 amide bonds. The molecule has 0 spiro atoms. The Balaban J connectivity index is 1.67. The number of guanidine groups is 1. The number of hydrogen-bond acceptors (Lipinski definition) is 6. The minimum Gasteiger partial charge on any atom is -0.378 e. The van der Waals surface area contributed by atoms with E-state index in [-0.39, 0.29) is 29.5 Å². The van der Waals surface area contributed by atoms with Gasteiger partial charge in [0.1, 0.15) is 28.0 Å². The van der Waals surface area contributed by atoms with Gasteiger partial charge in [-0.3, -0.25) is 14.1 Å². The van der Waals surface area contributed by atoms with Gasteiger partial charge < -0.3 is 15.8 Å². The van der Waals surface area contributed by atoms with Gasteiger partial charge in [0.05, 0.1) is 17.4 Å². The quantitative estimate of drug-likeness (QED) is 0.649. The van der Waals surface area contributed by atoms with Crippen LogP contribution < -0.4 is 11.1 Å². The molecule has 3 N–H and O–H groups in total. The number of nitrogens with two attached hydrogens (primary N) is 1. The summed E-state index contributed by atoms with van der Waals surface area (Å²) >= 11 is 0. The van der Waals surface area contributed by atoms with Crippen LogP contribution in [0.5, 0.6) is 0 Å². The monoisotopic (exact) mass is 485 g/mol. The summed E-state index contributed by atoms with van der Waals surface area (Å²) in [4.78, 5) is 20.5. The van der Waals surface area contributed by atoms with Crippen LogP contribution in [0.3, 0.4) is 0 Å². The zero-order valence-corrected chi connectivity index (χ0v) is 18.0. The van der Waals surface area contributed by atoms with Crippen LogP contribution in [0.25, 0.3) is 0 Å². The molecule has 33 heavy (non-hydrogen) atoms. The van der Waals surface area contributed by atoms with Crippen molar-refractivity contribution in [3.63, 3.8) is 0 Å². The molecule has 0 radical (unpaired) electrons. The highest BCUT2D eigenvalue weighted by molar-refractivity contribution is 7.84. The number of nitrogens with one attached hydrogen (secondary N) is 1. The van der Waals surface area contributed by atoms with Gasteiger partial charge in [0.2, 0.25) is 5.96 Å². The molecule has 2 aliphatic rings. The van der Waals surface area contributed by atoms with E-state index >= 15 is 0 Å². The SMILES string of the molecule is CN1C(N)=NC2(c3cc(NC(=O)c4ccc(C(F)(F)F)cn4)ccc3F)COCCC2S1=O. The lowest BCUT2D eigenvalue weighted by Crippen LogP contribution is -2.58. The fraction of sp³-hybridized carbons (Fsp3) is 0.350. The third-order valence-corrected chi connectivity index (χ3v) is 7.38. The fourth-order valence-corrected chi connectivity index (χ4v) is 5.30. The standard InChI is InChI=1S/C20H19F4N5O3S/c1-29-18(25)28-19(10-32-7-6-16(19)33(29)31)13-8-12(3-4-14(13)21)27-17(30)15-5-2-11(9-26-15)20(22,23)24/h2-5,8-9,16H,6-7,10H2,1H3,(H2,25,28)(H,27,30). The Morgan fingerprint density at radius 3 is 2.76 bits per heavy atom. The molecule has 2 aromatic rings. The predicted octanol–water partition coefficient (Wildman–Crippen LogP) is 2.40. The Bertz CT molecular complexity index is 1140. The van der Waals surface area contributed by atoms with E-state index in [1.54, 1.807) is 0 Å². The normalized spacial score (nSPS) is 25.2. The summed E-state index contributed by atoms with van der Waals surface area (Å²) in [6.45, 7) is 0.256. The molecular formula is C20H19F4N5O3S. The number of anilines is 1. The van der Waals surface area contributed by atoms with Crippen LogP contribution in [-0.2, 0) is 27.4 Å². The van der Waals surface area contributed by atoms with Gasteiger partial charge in [-0.05, 0) is 36.8 Å². The highest BCUT2D eigenvalue weighted by atomic mass is 32.2. The van der Waals surface area contributed by atoms with Crippen LogP contribution in [0.2, 0.25) is 0 Å². The number of aliphatic imine (C=N–C) groups is 1. The molecule has 0 bridgehead atoms. The van der Waals surface area contributed by atoms with Crippen LogP contribution >= 0.6 is 0 Å². The number of carbonyl (C=O) groups is 1. The molecular weight excluding hydrogens is 466 g/mol. The van der Waals surface area contributed by atoms with Crippen molar-refractivity contribution in [1.29, 1.82) is 0 Å². The fourth-order valence-electron chi connectivity index (χ4n) is 3.82. The Labute approximate surface area is 188 Å². The summed E-state index contributed by atoms with van der Waals surface area (Å²) in [5.74, 6) is -1.49. The van der Waals surface area contributed by atoms with Gasteiger partial charge in [-0.1, -0.05) is 0 Å². The van der Waals surface area contributed by atoms with Crippen LogP contribution in [0.4, 0.5) is 23.2 Å². The maximum atomic E-state index is 15.0. The molecule has 0 saturated carbocycles. The number of hydrogen-bond donors (Lipinski definition) is 2. The zero-order valence-electron chi connectivity index (χ0n) is 17.2. The average Bonchev–Trinajstić information content (AvgIpc) is 2.78. The van der Waals surface area contributed by atoms with Crippen LogP contribution in [-0.4, -0.2) is 50.9 Å². The van der Waals surface area contributed by atoms with Crippen LogP contribution in [0.15, 0.2) is 41.5 Å². The van der Waals surface area contributed by atoms with Gasteiger partial charge in [0.25, 0.3) is 5.91 Å². The lowest BCUT2D eigenvalue weighted by molar-refractivity contribution is -0.137. The molecule has 1 aromatic heterocycles. The van der Waals surface area contributed by atoms with E-state index in [0.717, 1.165) is 18.2 Å². The van der Waals surface area contributed by atoms with Crippen molar-refractivity contribution >= 4 is 28.5 Å². The zero-order chi connectivity index (χ0) is 24.0.